The van der Waals surface area contributed by atoms with Gasteiger partial charge in [-0.2, -0.15) is 0 Å². The molecule has 3 aromatic rings. The fourth-order valence-electron chi connectivity index (χ4n) is 3.21. The maximum absolute atomic E-state index is 14.3. The number of aromatic amines is 1. The van der Waals surface area contributed by atoms with E-state index in [2.05, 4.69) is 4.98 Å². The highest BCUT2D eigenvalue weighted by molar-refractivity contribution is 5.86. The van der Waals surface area contributed by atoms with Crippen LogP contribution >= 0.6 is 0 Å². The fourth-order valence-corrected chi connectivity index (χ4v) is 3.21. The van der Waals surface area contributed by atoms with Gasteiger partial charge in [0, 0.05) is 22.7 Å². The predicted molar refractivity (Wildman–Crippen MR) is 88.0 cm³/mol. The van der Waals surface area contributed by atoms with Gasteiger partial charge in [-0.3, -0.25) is 4.79 Å². The number of hydrogen-bond donors (Lipinski definition) is 2. The topological polar surface area (TPSA) is 53.1 Å². The molecule has 3 nitrogen and oxygen atoms in total. The number of para-hydroxylation sites is 1. The number of carbonyl (C=O) groups is 1. The summed E-state index contributed by atoms with van der Waals surface area (Å²) in [6.07, 6.45) is 2.37. The van der Waals surface area contributed by atoms with Gasteiger partial charge >= 0.3 is 5.97 Å². The van der Waals surface area contributed by atoms with Gasteiger partial charge in [-0.05, 0) is 30.5 Å². The molecule has 1 atom stereocenters. The van der Waals surface area contributed by atoms with Gasteiger partial charge in [-0.15, -0.1) is 0 Å². The highest BCUT2D eigenvalue weighted by Gasteiger charge is 2.41. The normalized spacial score (nSPS) is 13.8. The SMILES string of the molecule is CC[C@](Cc1c[nH]c2ccccc12)(C(=O)O)c1ccccc1F. The molecule has 0 amide bonds. The van der Waals surface area contributed by atoms with E-state index in [1.807, 2.05) is 30.5 Å². The first-order valence-corrected chi connectivity index (χ1v) is 7.62. The molecular formula is C19H18FNO2. The number of aromatic nitrogens is 1. The van der Waals surface area contributed by atoms with Gasteiger partial charge in [0.1, 0.15) is 5.82 Å². The van der Waals surface area contributed by atoms with Crippen LogP contribution in [0, 0.1) is 5.82 Å². The van der Waals surface area contributed by atoms with Crippen LogP contribution in [0.4, 0.5) is 4.39 Å². The summed E-state index contributed by atoms with van der Waals surface area (Å²) in [5.74, 6) is -1.48. The molecule has 0 saturated heterocycles. The van der Waals surface area contributed by atoms with Crippen molar-refractivity contribution in [3.05, 3.63) is 71.7 Å². The van der Waals surface area contributed by atoms with Gasteiger partial charge < -0.3 is 10.1 Å². The van der Waals surface area contributed by atoms with Crippen LogP contribution in [0.25, 0.3) is 10.9 Å². The lowest BCUT2D eigenvalue weighted by Gasteiger charge is -2.29. The first kappa shape index (κ1) is 15.3. The Labute approximate surface area is 133 Å². The Morgan fingerprint density at radius 1 is 1.17 bits per heavy atom. The number of H-pyrrole nitrogens is 1. The third-order valence-electron chi connectivity index (χ3n) is 4.57. The van der Waals surface area contributed by atoms with Crippen molar-refractivity contribution in [1.82, 2.24) is 4.98 Å². The summed E-state index contributed by atoms with van der Waals surface area (Å²) < 4.78 is 14.3. The number of rotatable bonds is 5. The van der Waals surface area contributed by atoms with Gasteiger partial charge in [-0.1, -0.05) is 43.3 Å². The molecule has 0 saturated carbocycles. The van der Waals surface area contributed by atoms with Gasteiger partial charge in [0.05, 0.1) is 5.41 Å². The Morgan fingerprint density at radius 2 is 1.87 bits per heavy atom. The zero-order chi connectivity index (χ0) is 16.4. The maximum Gasteiger partial charge on any atom is 0.314 e. The lowest BCUT2D eigenvalue weighted by atomic mass is 9.73. The van der Waals surface area contributed by atoms with E-state index in [1.165, 1.54) is 6.07 Å². The highest BCUT2D eigenvalue weighted by atomic mass is 19.1. The molecule has 1 aromatic heterocycles. The van der Waals surface area contributed by atoms with Crippen LogP contribution in [0.2, 0.25) is 0 Å². The second-order valence-electron chi connectivity index (χ2n) is 5.76. The lowest BCUT2D eigenvalue weighted by Crippen LogP contribution is -2.38. The summed E-state index contributed by atoms with van der Waals surface area (Å²) in [5, 5.41) is 10.9. The monoisotopic (exact) mass is 311 g/mol. The van der Waals surface area contributed by atoms with Crippen LogP contribution in [0.15, 0.2) is 54.7 Å². The van der Waals surface area contributed by atoms with E-state index < -0.39 is 17.2 Å². The zero-order valence-corrected chi connectivity index (χ0v) is 12.8. The minimum Gasteiger partial charge on any atom is -0.481 e. The number of benzene rings is 2. The average molecular weight is 311 g/mol. The second-order valence-corrected chi connectivity index (χ2v) is 5.76. The van der Waals surface area contributed by atoms with Crippen LogP contribution in [-0.2, 0) is 16.6 Å². The van der Waals surface area contributed by atoms with Crippen LogP contribution in [0.5, 0.6) is 0 Å². The number of nitrogens with one attached hydrogen (secondary N) is 1. The van der Waals surface area contributed by atoms with Crippen molar-refractivity contribution in [2.24, 2.45) is 0 Å². The molecule has 0 bridgehead atoms. The average Bonchev–Trinajstić information content (AvgIpc) is 2.96. The molecule has 0 fully saturated rings. The van der Waals surface area contributed by atoms with Crippen molar-refractivity contribution in [2.75, 3.05) is 0 Å². The van der Waals surface area contributed by atoms with Crippen LogP contribution < -0.4 is 0 Å². The summed E-state index contributed by atoms with van der Waals surface area (Å²) in [4.78, 5) is 15.2. The van der Waals surface area contributed by atoms with E-state index in [-0.39, 0.29) is 12.0 Å². The van der Waals surface area contributed by atoms with Crippen molar-refractivity contribution in [1.29, 1.82) is 0 Å². The van der Waals surface area contributed by atoms with Crippen LogP contribution in [0.1, 0.15) is 24.5 Å². The third-order valence-corrected chi connectivity index (χ3v) is 4.57. The molecule has 118 valence electrons. The number of hydrogen-bond acceptors (Lipinski definition) is 1. The van der Waals surface area contributed by atoms with Gasteiger partial charge in [0.15, 0.2) is 0 Å². The van der Waals surface area contributed by atoms with Crippen molar-refractivity contribution in [3.63, 3.8) is 0 Å². The van der Waals surface area contributed by atoms with E-state index in [0.717, 1.165) is 16.5 Å². The highest BCUT2D eigenvalue weighted by Crippen LogP contribution is 2.36. The third kappa shape index (κ3) is 2.50. The van der Waals surface area contributed by atoms with Crippen LogP contribution in [0.3, 0.4) is 0 Å². The lowest BCUT2D eigenvalue weighted by molar-refractivity contribution is -0.144. The number of carboxylic acids is 1. The van der Waals surface area contributed by atoms with E-state index in [4.69, 9.17) is 0 Å². The van der Waals surface area contributed by atoms with E-state index >= 15 is 0 Å². The largest absolute Gasteiger partial charge is 0.481 e. The first-order valence-electron chi connectivity index (χ1n) is 7.62. The summed E-state index contributed by atoms with van der Waals surface area (Å²) in [5.41, 5.74) is 0.788. The predicted octanol–water partition coefficient (Wildman–Crippen LogP) is 4.28. The smallest absolute Gasteiger partial charge is 0.314 e. The zero-order valence-electron chi connectivity index (χ0n) is 12.8. The summed E-state index contributed by atoms with van der Waals surface area (Å²) >= 11 is 0. The number of aliphatic carboxylic acids is 1. The minimum atomic E-state index is -1.28. The molecule has 0 aliphatic carbocycles. The standard InChI is InChI=1S/C19H18FNO2/c1-2-19(18(22)23,15-8-4-5-9-16(15)20)11-13-12-21-17-10-6-3-7-14(13)17/h3-10,12,21H,2,11H2,1H3,(H,22,23)/t19-/m1/s1. The summed E-state index contributed by atoms with van der Waals surface area (Å²) in [6, 6.07) is 13.9. The molecule has 1 heterocycles. The molecule has 0 aliphatic rings. The van der Waals surface area contributed by atoms with Crippen molar-refractivity contribution >= 4 is 16.9 Å². The first-order chi connectivity index (χ1) is 11.1. The van der Waals surface area contributed by atoms with Crippen molar-refractivity contribution < 1.29 is 14.3 Å². The Kier molecular flexibility index (Phi) is 3.90. The second kappa shape index (κ2) is 5.88. The minimum absolute atomic E-state index is 0.236. The van der Waals surface area contributed by atoms with Crippen molar-refractivity contribution in [2.45, 2.75) is 25.2 Å². The Hall–Kier alpha value is -2.62. The molecular weight excluding hydrogens is 293 g/mol. The van der Waals surface area contributed by atoms with Crippen LogP contribution in [-0.4, -0.2) is 16.1 Å². The molecule has 2 aromatic carbocycles. The molecule has 0 radical (unpaired) electrons. The van der Waals surface area contributed by atoms with E-state index in [1.54, 1.807) is 25.1 Å². The molecule has 4 heteroatoms. The molecule has 0 spiro atoms. The summed E-state index contributed by atoms with van der Waals surface area (Å²) in [6.45, 7) is 1.79. The molecule has 3 rings (SSSR count). The number of halogens is 1. The fraction of sp³-hybridized carbons (Fsp3) is 0.211. The Balaban J connectivity index is 2.14. The molecule has 0 aliphatic heterocycles. The van der Waals surface area contributed by atoms with E-state index in [9.17, 15) is 14.3 Å². The van der Waals surface area contributed by atoms with Gasteiger partial charge in [-0.25, -0.2) is 4.39 Å². The van der Waals surface area contributed by atoms with E-state index in [0.29, 0.717) is 6.42 Å². The number of fused-ring (bicyclic) bond motifs is 1. The molecule has 0 unspecified atom stereocenters. The molecule has 23 heavy (non-hydrogen) atoms. The summed E-state index contributed by atoms with van der Waals surface area (Å²) in [7, 11) is 0. The van der Waals surface area contributed by atoms with Gasteiger partial charge in [0.25, 0.3) is 0 Å². The molecule has 2 N–H and O–H groups in total. The quantitative estimate of drug-likeness (QED) is 0.739. The Morgan fingerprint density at radius 3 is 2.57 bits per heavy atom. The maximum atomic E-state index is 14.3. The van der Waals surface area contributed by atoms with Gasteiger partial charge in [0.2, 0.25) is 0 Å². The Bertz CT molecular complexity index is 855. The van der Waals surface area contributed by atoms with Crippen molar-refractivity contribution in [3.8, 4) is 0 Å². The number of carboxylic acid groups (broad SMARTS) is 1.